The Bertz CT molecular complexity index is 826. The first-order chi connectivity index (χ1) is 13.4. The Morgan fingerprint density at radius 1 is 1.32 bits per heavy atom. The Labute approximate surface area is 163 Å². The summed E-state index contributed by atoms with van der Waals surface area (Å²) in [5, 5.41) is 22.4. The van der Waals surface area contributed by atoms with Gasteiger partial charge in [0.1, 0.15) is 6.10 Å². The van der Waals surface area contributed by atoms with Crippen LogP contribution in [0.4, 0.5) is 15.8 Å². The molecule has 2 aromatic carbocycles. The maximum atomic E-state index is 13.5. The number of aromatic hydroxyl groups is 1. The van der Waals surface area contributed by atoms with Crippen molar-refractivity contribution in [1.82, 2.24) is 0 Å². The highest BCUT2D eigenvalue weighted by atomic mass is 19.1. The van der Waals surface area contributed by atoms with Crippen LogP contribution in [0.3, 0.4) is 0 Å². The first-order valence-electron chi connectivity index (χ1n) is 9.02. The highest BCUT2D eigenvalue weighted by Crippen LogP contribution is 2.26. The Kier molecular flexibility index (Phi) is 7.98. The molecule has 1 amide bonds. The molecule has 0 bridgehead atoms. The molecule has 2 atom stereocenters. The highest BCUT2D eigenvalue weighted by molar-refractivity contribution is 6.01. The number of nitrogens with two attached hydrogens (primary N) is 1. The van der Waals surface area contributed by atoms with E-state index in [1.54, 1.807) is 37.3 Å². The molecule has 2 rings (SSSR count). The maximum absolute atomic E-state index is 13.5. The number of aliphatic hydroxyl groups is 1. The maximum Gasteiger partial charge on any atom is 0.248 e. The molecule has 0 aliphatic carbocycles. The fraction of sp³-hybridized carbons (Fsp3) is 0.286. The average molecular weight is 388 g/mol. The second kappa shape index (κ2) is 10.4. The molecule has 0 spiro atoms. The van der Waals surface area contributed by atoms with Crippen LogP contribution >= 0.6 is 0 Å². The number of anilines is 2. The number of phenols is 1. The summed E-state index contributed by atoms with van der Waals surface area (Å²) in [6, 6.07) is 10.7. The van der Waals surface area contributed by atoms with Crippen LogP contribution in [0, 0.1) is 5.82 Å². The topological polar surface area (TPSA) is 105 Å². The van der Waals surface area contributed by atoms with E-state index in [1.807, 2.05) is 0 Å². The number of ether oxygens (including phenoxy) is 1. The Morgan fingerprint density at radius 2 is 2.07 bits per heavy atom. The lowest BCUT2D eigenvalue weighted by Crippen LogP contribution is -2.22. The lowest BCUT2D eigenvalue weighted by Gasteiger charge is -2.23. The smallest absolute Gasteiger partial charge is 0.248 e. The zero-order valence-corrected chi connectivity index (χ0v) is 15.6. The molecule has 6 nitrogen and oxygen atoms in total. The number of amides is 1. The van der Waals surface area contributed by atoms with Gasteiger partial charge in [-0.15, -0.1) is 0 Å². The zero-order chi connectivity index (χ0) is 20.5. The number of para-hydroxylation sites is 2. The highest BCUT2D eigenvalue weighted by Gasteiger charge is 2.21. The molecule has 0 heterocycles. The quantitative estimate of drug-likeness (QED) is 0.389. The minimum Gasteiger partial charge on any atom is -0.505 e. The summed E-state index contributed by atoms with van der Waals surface area (Å²) in [6.45, 7) is 2.17. The SMILES string of the molecule is CCO[C@H](CC/C=C/C(=O)Nc1ccccc1N)[C@H](O)c1ccc(O)c(F)c1. The van der Waals surface area contributed by atoms with Crippen molar-refractivity contribution in [1.29, 1.82) is 0 Å². The van der Waals surface area contributed by atoms with Crippen molar-refractivity contribution < 1.29 is 24.1 Å². The van der Waals surface area contributed by atoms with Crippen LogP contribution in [0.25, 0.3) is 0 Å². The van der Waals surface area contributed by atoms with Gasteiger partial charge in [-0.1, -0.05) is 24.3 Å². The van der Waals surface area contributed by atoms with Gasteiger partial charge in [-0.3, -0.25) is 4.79 Å². The van der Waals surface area contributed by atoms with Crippen molar-refractivity contribution in [2.75, 3.05) is 17.7 Å². The summed E-state index contributed by atoms with van der Waals surface area (Å²) in [7, 11) is 0. The van der Waals surface area contributed by atoms with Crippen molar-refractivity contribution in [3.63, 3.8) is 0 Å². The van der Waals surface area contributed by atoms with Crippen molar-refractivity contribution in [3.8, 4) is 5.75 Å². The Balaban J connectivity index is 1.91. The van der Waals surface area contributed by atoms with Gasteiger partial charge in [-0.2, -0.15) is 0 Å². The molecule has 0 fully saturated rings. The number of hydrogen-bond acceptors (Lipinski definition) is 5. The van der Waals surface area contributed by atoms with E-state index in [0.29, 0.717) is 36.4 Å². The van der Waals surface area contributed by atoms with E-state index in [4.69, 9.17) is 10.5 Å². The molecule has 0 radical (unpaired) electrons. The third-order valence-corrected chi connectivity index (χ3v) is 4.15. The van der Waals surface area contributed by atoms with Gasteiger partial charge in [-0.05, 0) is 55.7 Å². The van der Waals surface area contributed by atoms with E-state index < -0.39 is 23.8 Å². The van der Waals surface area contributed by atoms with Crippen molar-refractivity contribution >= 4 is 17.3 Å². The van der Waals surface area contributed by atoms with E-state index >= 15 is 0 Å². The van der Waals surface area contributed by atoms with E-state index in [9.17, 15) is 19.4 Å². The lowest BCUT2D eigenvalue weighted by atomic mass is 10.00. The number of aliphatic hydroxyl groups excluding tert-OH is 1. The van der Waals surface area contributed by atoms with E-state index in [-0.39, 0.29) is 5.91 Å². The summed E-state index contributed by atoms with van der Waals surface area (Å²) in [6.07, 6.45) is 2.33. The summed E-state index contributed by atoms with van der Waals surface area (Å²) in [5.74, 6) is -1.59. The fourth-order valence-electron chi connectivity index (χ4n) is 2.70. The number of phenolic OH excluding ortho intramolecular Hbond substituents is 1. The zero-order valence-electron chi connectivity index (χ0n) is 15.6. The standard InChI is InChI=1S/C21H25FN2O4/c1-2-28-19(21(27)14-11-12-18(25)15(22)13-14)9-5-6-10-20(26)24-17-8-4-3-7-16(17)23/h3-4,6-8,10-13,19,21,25,27H,2,5,9,23H2,1H3,(H,24,26)/b10-6+/t19-,21-/m1/s1. The van der Waals surface area contributed by atoms with E-state index in [0.717, 1.165) is 6.07 Å². The number of allylic oxidation sites excluding steroid dienone is 1. The number of halogens is 1. The third kappa shape index (κ3) is 6.07. The molecule has 7 heteroatoms. The number of nitrogens with one attached hydrogen (secondary N) is 1. The summed E-state index contributed by atoms with van der Waals surface area (Å²) < 4.78 is 19.1. The number of nitrogen functional groups attached to an aromatic ring is 1. The monoisotopic (exact) mass is 388 g/mol. The normalized spacial score (nSPS) is 13.4. The molecule has 0 aromatic heterocycles. The van der Waals surface area contributed by atoms with Gasteiger partial charge in [0.05, 0.1) is 17.5 Å². The van der Waals surface area contributed by atoms with Gasteiger partial charge in [0.25, 0.3) is 0 Å². The number of benzene rings is 2. The first kappa shape index (κ1) is 21.4. The van der Waals surface area contributed by atoms with Crippen LogP contribution in [0.2, 0.25) is 0 Å². The van der Waals surface area contributed by atoms with Gasteiger partial charge >= 0.3 is 0 Å². The largest absolute Gasteiger partial charge is 0.505 e. The van der Waals surface area contributed by atoms with Crippen LogP contribution in [0.15, 0.2) is 54.6 Å². The minimum absolute atomic E-state index is 0.313. The second-order valence-corrected chi connectivity index (χ2v) is 6.21. The second-order valence-electron chi connectivity index (χ2n) is 6.21. The van der Waals surface area contributed by atoms with Gasteiger partial charge in [0.15, 0.2) is 11.6 Å². The number of carbonyl (C=O) groups is 1. The van der Waals surface area contributed by atoms with Crippen LogP contribution in [-0.4, -0.2) is 28.8 Å². The number of rotatable bonds is 9. The van der Waals surface area contributed by atoms with Gasteiger partial charge in [0.2, 0.25) is 5.91 Å². The lowest BCUT2D eigenvalue weighted by molar-refractivity contribution is -0.111. The Hall–Kier alpha value is -2.90. The van der Waals surface area contributed by atoms with E-state index in [2.05, 4.69) is 5.32 Å². The summed E-state index contributed by atoms with van der Waals surface area (Å²) in [4.78, 5) is 12.0. The average Bonchev–Trinajstić information content (AvgIpc) is 2.67. The van der Waals surface area contributed by atoms with Crippen molar-refractivity contribution in [2.24, 2.45) is 0 Å². The predicted octanol–water partition coefficient (Wildman–Crippen LogP) is 3.53. The molecule has 5 N–H and O–H groups in total. The van der Waals surface area contributed by atoms with Crippen molar-refractivity contribution in [3.05, 3.63) is 66.0 Å². The molecular formula is C21H25FN2O4. The third-order valence-electron chi connectivity index (χ3n) is 4.15. The number of hydrogen-bond donors (Lipinski definition) is 4. The molecule has 0 saturated carbocycles. The minimum atomic E-state index is -1.05. The fourth-order valence-corrected chi connectivity index (χ4v) is 2.70. The van der Waals surface area contributed by atoms with Crippen LogP contribution in [0.5, 0.6) is 5.75 Å². The molecular weight excluding hydrogens is 363 g/mol. The van der Waals surface area contributed by atoms with Crippen molar-refractivity contribution in [2.45, 2.75) is 32.0 Å². The molecule has 150 valence electrons. The van der Waals surface area contributed by atoms with Gasteiger partial charge in [0, 0.05) is 6.61 Å². The van der Waals surface area contributed by atoms with Gasteiger partial charge in [-0.25, -0.2) is 4.39 Å². The van der Waals surface area contributed by atoms with Gasteiger partial charge < -0.3 is 26.0 Å². The summed E-state index contributed by atoms with van der Waals surface area (Å²) >= 11 is 0. The Morgan fingerprint density at radius 3 is 2.75 bits per heavy atom. The van der Waals surface area contributed by atoms with Crippen LogP contribution in [0.1, 0.15) is 31.4 Å². The van der Waals surface area contributed by atoms with Crippen LogP contribution in [-0.2, 0) is 9.53 Å². The summed E-state index contributed by atoms with van der Waals surface area (Å²) in [5.41, 5.74) is 7.11. The number of carbonyl (C=O) groups excluding carboxylic acids is 1. The first-order valence-corrected chi connectivity index (χ1v) is 9.02. The predicted molar refractivity (Wildman–Crippen MR) is 106 cm³/mol. The molecule has 0 aliphatic rings. The molecule has 0 aliphatic heterocycles. The molecule has 0 unspecified atom stereocenters. The van der Waals surface area contributed by atoms with Crippen LogP contribution < -0.4 is 11.1 Å². The molecule has 0 saturated heterocycles. The molecule has 2 aromatic rings. The molecule has 28 heavy (non-hydrogen) atoms. The van der Waals surface area contributed by atoms with E-state index in [1.165, 1.54) is 18.2 Å².